The number of methoxy groups -OCH3 is 3. The molecular weight excluding hydrogens is 644 g/mol. The molecule has 0 unspecified atom stereocenters. The van der Waals surface area contributed by atoms with Crippen LogP contribution in [0.25, 0.3) is 0 Å². The second kappa shape index (κ2) is 16.4. The maximum atomic E-state index is 14.5. The first-order chi connectivity index (χ1) is 24.1. The molecule has 0 amide bonds. The van der Waals surface area contributed by atoms with E-state index in [0.29, 0.717) is 31.3 Å². The third kappa shape index (κ3) is 7.70. The predicted molar refractivity (Wildman–Crippen MR) is 182 cm³/mol. The van der Waals surface area contributed by atoms with Crippen molar-refractivity contribution in [2.45, 2.75) is 147 Å². The second-order valence-corrected chi connectivity index (χ2v) is 15.3. The number of hydrogen-bond acceptors (Lipinski definition) is 11. The molecule has 11 heteroatoms. The summed E-state index contributed by atoms with van der Waals surface area (Å²) in [5, 5.41) is 0. The maximum Gasteiger partial charge on any atom is 0.306 e. The van der Waals surface area contributed by atoms with Gasteiger partial charge in [-0.05, 0) is 81.6 Å². The van der Waals surface area contributed by atoms with Gasteiger partial charge in [-0.25, -0.2) is 0 Å². The topological polar surface area (TPSA) is 125 Å². The van der Waals surface area contributed by atoms with E-state index in [1.54, 1.807) is 28.3 Å². The van der Waals surface area contributed by atoms with E-state index in [1.165, 1.54) is 0 Å². The lowest BCUT2D eigenvalue weighted by Crippen LogP contribution is -2.59. The molecule has 280 valence electrons. The normalized spacial score (nSPS) is 45.5. The lowest BCUT2D eigenvalue weighted by Gasteiger charge is -2.44. The number of esters is 1. The van der Waals surface area contributed by atoms with Crippen molar-refractivity contribution < 1.29 is 52.3 Å². The first-order valence-corrected chi connectivity index (χ1v) is 18.9. The highest BCUT2D eigenvalue weighted by molar-refractivity contribution is 5.99. The van der Waals surface area contributed by atoms with Crippen LogP contribution < -0.4 is 0 Å². The smallest absolute Gasteiger partial charge is 0.306 e. The Morgan fingerprint density at radius 2 is 1.60 bits per heavy atom. The molecule has 0 spiro atoms. The van der Waals surface area contributed by atoms with Crippen molar-refractivity contribution in [1.29, 1.82) is 0 Å². The monoisotopic (exact) mass is 702 g/mol. The zero-order valence-corrected chi connectivity index (χ0v) is 30.8. The standard InChI is InChI=1S/C39H58O11/c1-8-24-10-9-11-32(50-34-15-14-31(40)21(3)46-34)20(2)35(42)30-18-28-26(29(30)19-33(41)48-24)13-12-23-16-25(17-27(23)28)49-39-38(45-7)37(44-6)36(43-5)22(4)47-39/h12-13,18,20-29,32,34,36-39H,8-11,14-17,19H2,1-7H3/t20-,21+,22-,23+,24+,25+,26+,27+,28+,29-,32-,34-,36-,37+,38+,39-/m0/s1. The molecule has 6 aliphatic rings. The van der Waals surface area contributed by atoms with Gasteiger partial charge >= 0.3 is 5.97 Å². The van der Waals surface area contributed by atoms with Crippen molar-refractivity contribution in [1.82, 2.24) is 0 Å². The maximum absolute atomic E-state index is 14.5. The fourth-order valence-corrected chi connectivity index (χ4v) is 9.62. The summed E-state index contributed by atoms with van der Waals surface area (Å²) in [7, 11) is 4.94. The molecule has 16 atom stereocenters. The van der Waals surface area contributed by atoms with E-state index in [9.17, 15) is 14.4 Å². The van der Waals surface area contributed by atoms with Crippen molar-refractivity contribution in [2.24, 2.45) is 35.5 Å². The first kappa shape index (κ1) is 37.8. The minimum Gasteiger partial charge on any atom is -0.462 e. The molecule has 4 fully saturated rings. The molecule has 0 aromatic carbocycles. The Bertz CT molecular complexity index is 1280. The van der Waals surface area contributed by atoms with Crippen LogP contribution in [0.3, 0.4) is 0 Å². The Hall–Kier alpha value is -1.99. The number of fused-ring (bicyclic) bond motifs is 5. The molecule has 0 radical (unpaired) electrons. The highest BCUT2D eigenvalue weighted by atomic mass is 16.7. The number of cyclic esters (lactones) is 1. The van der Waals surface area contributed by atoms with Gasteiger partial charge in [0.05, 0.1) is 24.7 Å². The highest BCUT2D eigenvalue weighted by Gasteiger charge is 2.52. The van der Waals surface area contributed by atoms with Crippen LogP contribution in [-0.2, 0) is 52.3 Å². The number of carbonyl (C=O) groups is 3. The Morgan fingerprint density at radius 1 is 0.840 bits per heavy atom. The van der Waals surface area contributed by atoms with Crippen molar-refractivity contribution in [3.8, 4) is 0 Å². The lowest BCUT2D eigenvalue weighted by atomic mass is 9.70. The van der Waals surface area contributed by atoms with E-state index < -0.39 is 30.7 Å². The summed E-state index contributed by atoms with van der Waals surface area (Å²) in [6, 6.07) is 0. The Balaban J connectivity index is 1.21. The van der Waals surface area contributed by atoms with Gasteiger partial charge in [0.25, 0.3) is 0 Å². The largest absolute Gasteiger partial charge is 0.462 e. The van der Waals surface area contributed by atoms with Gasteiger partial charge in [0, 0.05) is 46.0 Å². The molecule has 0 aromatic heterocycles. The summed E-state index contributed by atoms with van der Waals surface area (Å²) in [5.74, 6) is -0.204. The molecule has 11 nitrogen and oxygen atoms in total. The fourth-order valence-electron chi connectivity index (χ4n) is 9.62. The zero-order valence-electron chi connectivity index (χ0n) is 30.8. The summed E-state index contributed by atoms with van der Waals surface area (Å²) in [6.45, 7) is 7.70. The van der Waals surface area contributed by atoms with E-state index >= 15 is 0 Å². The van der Waals surface area contributed by atoms with Gasteiger partial charge in [0.1, 0.15) is 30.5 Å². The lowest BCUT2D eigenvalue weighted by molar-refractivity contribution is -0.314. The molecule has 1 saturated carbocycles. The molecule has 50 heavy (non-hydrogen) atoms. The van der Waals surface area contributed by atoms with Crippen LogP contribution in [0.15, 0.2) is 23.8 Å². The van der Waals surface area contributed by atoms with Crippen LogP contribution >= 0.6 is 0 Å². The van der Waals surface area contributed by atoms with Gasteiger partial charge in [-0.15, -0.1) is 0 Å². The summed E-state index contributed by atoms with van der Waals surface area (Å²) in [6.07, 6.45) is 8.60. The number of ketones is 2. The summed E-state index contributed by atoms with van der Waals surface area (Å²) in [4.78, 5) is 40.1. The van der Waals surface area contributed by atoms with Gasteiger partial charge in [-0.3, -0.25) is 14.4 Å². The van der Waals surface area contributed by atoms with E-state index in [-0.39, 0.29) is 90.2 Å². The number of carbonyl (C=O) groups excluding carboxylic acids is 3. The van der Waals surface area contributed by atoms with Crippen LogP contribution in [0.5, 0.6) is 0 Å². The van der Waals surface area contributed by atoms with Crippen LogP contribution in [-0.4, -0.2) is 100 Å². The Labute approximate surface area is 297 Å². The van der Waals surface area contributed by atoms with E-state index in [1.807, 2.05) is 20.8 Å². The summed E-state index contributed by atoms with van der Waals surface area (Å²) in [5.41, 5.74) is 0.715. The number of hydrogen-bond donors (Lipinski definition) is 0. The van der Waals surface area contributed by atoms with Crippen molar-refractivity contribution >= 4 is 17.5 Å². The van der Waals surface area contributed by atoms with Gasteiger partial charge in [0.15, 0.2) is 24.1 Å². The minimum absolute atomic E-state index is 0.0163. The third-order valence-electron chi connectivity index (χ3n) is 12.4. The van der Waals surface area contributed by atoms with Crippen LogP contribution in [0.2, 0.25) is 0 Å². The Kier molecular flexibility index (Phi) is 12.3. The van der Waals surface area contributed by atoms with Crippen LogP contribution in [0.1, 0.15) is 85.5 Å². The van der Waals surface area contributed by atoms with Gasteiger partial charge < -0.3 is 37.9 Å². The molecule has 6 rings (SSSR count). The van der Waals surface area contributed by atoms with Crippen molar-refractivity contribution in [3.05, 3.63) is 23.8 Å². The average Bonchev–Trinajstić information content (AvgIpc) is 3.68. The second-order valence-electron chi connectivity index (χ2n) is 15.3. The molecule has 3 saturated heterocycles. The van der Waals surface area contributed by atoms with Crippen LogP contribution in [0.4, 0.5) is 0 Å². The molecule has 3 heterocycles. The van der Waals surface area contributed by atoms with Crippen molar-refractivity contribution in [2.75, 3.05) is 21.3 Å². The molecule has 3 aliphatic heterocycles. The quantitative estimate of drug-likeness (QED) is 0.247. The minimum atomic E-state index is -0.608. The molecular formula is C39H58O11. The molecule has 3 aliphatic carbocycles. The summed E-state index contributed by atoms with van der Waals surface area (Å²) < 4.78 is 48.7. The zero-order chi connectivity index (χ0) is 35.7. The third-order valence-corrected chi connectivity index (χ3v) is 12.4. The average molecular weight is 703 g/mol. The number of Topliss-reactive ketones (excluding diaryl/α,β-unsaturated/α-hetero) is 2. The fraction of sp³-hybridized carbons (Fsp3) is 0.821. The SMILES string of the molecule is CC[C@@H]1CCC[C@H](O[C@H]2CCC(=O)[C@@H](C)O2)[C@H](C)C(=O)C2=C[C@@H]3[C@@H](C=C[C@@H]4C[C@@H](O[C@@H]5O[C@@H](C)[C@H](OC)[C@@H](OC)[C@H]5OC)C[C@@H]34)[C@@H]2CC(=O)O1. The van der Waals surface area contributed by atoms with Gasteiger partial charge in [-0.2, -0.15) is 0 Å². The van der Waals surface area contributed by atoms with E-state index in [4.69, 9.17) is 37.9 Å². The van der Waals surface area contributed by atoms with Crippen LogP contribution in [0, 0.1) is 35.5 Å². The van der Waals surface area contributed by atoms with E-state index in [2.05, 4.69) is 18.2 Å². The molecule has 0 N–H and O–H groups in total. The first-order valence-electron chi connectivity index (χ1n) is 18.9. The van der Waals surface area contributed by atoms with Gasteiger partial charge in [-0.1, -0.05) is 32.1 Å². The summed E-state index contributed by atoms with van der Waals surface area (Å²) >= 11 is 0. The van der Waals surface area contributed by atoms with Crippen molar-refractivity contribution in [3.63, 3.8) is 0 Å². The number of ether oxygens (including phenoxy) is 8. The van der Waals surface area contributed by atoms with Gasteiger partial charge in [0.2, 0.25) is 0 Å². The molecule has 0 aromatic rings. The highest BCUT2D eigenvalue weighted by Crippen LogP contribution is 2.54. The number of allylic oxidation sites excluding steroid dienone is 4. The predicted octanol–water partition coefficient (Wildman–Crippen LogP) is 5.13. The number of rotatable bonds is 8. The van der Waals surface area contributed by atoms with E-state index in [0.717, 1.165) is 25.7 Å². The molecule has 0 bridgehead atoms. The Morgan fingerprint density at radius 3 is 2.30 bits per heavy atom.